The molecule has 2 amide bonds. The molecule has 1 saturated carbocycles. The number of hydrogen-bond donors (Lipinski definition) is 2. The third-order valence-corrected chi connectivity index (χ3v) is 5.12. The molecule has 1 saturated heterocycles. The van der Waals surface area contributed by atoms with E-state index < -0.39 is 17.8 Å². The highest BCUT2D eigenvalue weighted by Gasteiger charge is 2.31. The zero-order chi connectivity index (χ0) is 20.3. The Bertz CT molecular complexity index is 696. The number of carbonyl (C=O) groups excluding carboxylic acids is 2. The van der Waals surface area contributed by atoms with E-state index in [1.807, 2.05) is 4.90 Å². The highest BCUT2D eigenvalue weighted by molar-refractivity contribution is 5.94. The van der Waals surface area contributed by atoms with E-state index in [2.05, 4.69) is 15.5 Å². The summed E-state index contributed by atoms with van der Waals surface area (Å²) in [6, 6.07) is 4.35. The zero-order valence-corrected chi connectivity index (χ0v) is 15.8. The maximum Gasteiger partial charge on any atom is 0.416 e. The van der Waals surface area contributed by atoms with E-state index in [0.29, 0.717) is 44.5 Å². The highest BCUT2D eigenvalue weighted by Crippen LogP contribution is 2.29. The minimum absolute atomic E-state index is 0.0454. The molecule has 28 heavy (non-hydrogen) atoms. The lowest BCUT2D eigenvalue weighted by atomic mass is 10.1. The van der Waals surface area contributed by atoms with Gasteiger partial charge in [-0.2, -0.15) is 13.2 Å². The third kappa shape index (κ3) is 5.68. The number of carbonyl (C=O) groups is 2. The van der Waals surface area contributed by atoms with Crippen molar-refractivity contribution in [2.24, 2.45) is 0 Å². The normalized spacial score (nSPS) is 19.9. The first-order valence-electron chi connectivity index (χ1n) is 9.46. The minimum atomic E-state index is -4.40. The smallest absolute Gasteiger partial charge is 0.352 e. The lowest BCUT2D eigenvalue weighted by Crippen LogP contribution is -2.54. The van der Waals surface area contributed by atoms with E-state index in [0.717, 1.165) is 25.0 Å². The van der Waals surface area contributed by atoms with Crippen LogP contribution in [0.2, 0.25) is 0 Å². The number of hydrogen-bond acceptors (Lipinski definition) is 4. The van der Waals surface area contributed by atoms with Crippen molar-refractivity contribution in [3.63, 3.8) is 0 Å². The summed E-state index contributed by atoms with van der Waals surface area (Å²) >= 11 is 0. The number of piperazine rings is 1. The molecule has 2 fully saturated rings. The molecule has 9 heteroatoms. The number of halogens is 3. The van der Waals surface area contributed by atoms with Gasteiger partial charge in [0, 0.05) is 37.9 Å². The lowest BCUT2D eigenvalue weighted by Gasteiger charge is -2.37. The molecular formula is C19H25F3N4O2. The second-order valence-electron chi connectivity index (χ2n) is 7.39. The van der Waals surface area contributed by atoms with Gasteiger partial charge in [-0.1, -0.05) is 0 Å². The van der Waals surface area contributed by atoms with E-state index >= 15 is 0 Å². The van der Waals surface area contributed by atoms with Crippen LogP contribution in [0.15, 0.2) is 24.3 Å². The number of alkyl halides is 3. The van der Waals surface area contributed by atoms with Gasteiger partial charge in [0.2, 0.25) is 11.8 Å². The van der Waals surface area contributed by atoms with E-state index in [4.69, 9.17) is 0 Å². The Balaban J connectivity index is 1.44. The molecule has 3 rings (SSSR count). The molecule has 2 N–H and O–H groups in total. The Morgan fingerprint density at radius 2 is 1.71 bits per heavy atom. The summed E-state index contributed by atoms with van der Waals surface area (Å²) < 4.78 is 37.8. The topological polar surface area (TPSA) is 64.7 Å². The van der Waals surface area contributed by atoms with E-state index in [1.54, 1.807) is 6.92 Å². The largest absolute Gasteiger partial charge is 0.416 e. The summed E-state index contributed by atoms with van der Waals surface area (Å²) in [5.41, 5.74) is -0.416. The van der Waals surface area contributed by atoms with Crippen LogP contribution in [0, 0.1) is 0 Å². The van der Waals surface area contributed by atoms with Crippen LogP contribution in [0.4, 0.5) is 18.9 Å². The Morgan fingerprint density at radius 3 is 2.25 bits per heavy atom. The number of amides is 2. The number of anilines is 1. The standard InChI is InChI=1S/C19H25F3N4O2/c1-13(18(28)24-16-4-2-14(3-5-16)19(20,21)22)26-10-8-25(9-11-26)12-17(27)23-15-6-7-15/h2-5,13,15H,6-12H2,1H3,(H,23,27)(H,24,28). The van der Waals surface area contributed by atoms with Crippen molar-refractivity contribution in [2.45, 2.75) is 38.0 Å². The average Bonchev–Trinajstić information content (AvgIpc) is 3.45. The van der Waals surface area contributed by atoms with Gasteiger partial charge in [0.15, 0.2) is 0 Å². The maximum atomic E-state index is 12.6. The van der Waals surface area contributed by atoms with Crippen molar-refractivity contribution in [2.75, 3.05) is 38.0 Å². The van der Waals surface area contributed by atoms with Crippen molar-refractivity contribution >= 4 is 17.5 Å². The van der Waals surface area contributed by atoms with Gasteiger partial charge in [-0.05, 0) is 44.0 Å². The summed E-state index contributed by atoms with van der Waals surface area (Å²) in [5, 5.41) is 5.63. The maximum absolute atomic E-state index is 12.6. The van der Waals surface area contributed by atoms with Crippen molar-refractivity contribution in [1.82, 2.24) is 15.1 Å². The molecule has 1 heterocycles. The van der Waals surface area contributed by atoms with Gasteiger partial charge in [-0.25, -0.2) is 0 Å². The van der Waals surface area contributed by atoms with Crippen molar-refractivity contribution in [3.8, 4) is 0 Å². The first kappa shape index (κ1) is 20.6. The molecular weight excluding hydrogens is 373 g/mol. The number of nitrogens with one attached hydrogen (secondary N) is 2. The van der Waals surface area contributed by atoms with Crippen LogP contribution >= 0.6 is 0 Å². The molecule has 1 unspecified atom stereocenters. The Morgan fingerprint density at radius 1 is 1.11 bits per heavy atom. The third-order valence-electron chi connectivity index (χ3n) is 5.12. The molecule has 0 radical (unpaired) electrons. The second kappa shape index (κ2) is 8.48. The van der Waals surface area contributed by atoms with Crippen molar-refractivity contribution in [1.29, 1.82) is 0 Å². The van der Waals surface area contributed by atoms with Gasteiger partial charge < -0.3 is 10.6 Å². The number of nitrogens with zero attached hydrogens (tertiary/aromatic N) is 2. The van der Waals surface area contributed by atoms with Gasteiger partial charge in [-0.3, -0.25) is 19.4 Å². The van der Waals surface area contributed by atoms with Crippen LogP contribution in [0.25, 0.3) is 0 Å². The first-order valence-corrected chi connectivity index (χ1v) is 9.46. The second-order valence-corrected chi connectivity index (χ2v) is 7.39. The van der Waals surface area contributed by atoms with Crippen LogP contribution < -0.4 is 10.6 Å². The molecule has 1 aliphatic carbocycles. The molecule has 0 aromatic heterocycles. The monoisotopic (exact) mass is 398 g/mol. The SMILES string of the molecule is CC(C(=O)Nc1ccc(C(F)(F)F)cc1)N1CCN(CC(=O)NC2CC2)CC1. The molecule has 2 aliphatic rings. The fourth-order valence-electron chi connectivity index (χ4n) is 3.17. The molecule has 1 aliphatic heterocycles. The molecule has 1 aromatic rings. The fraction of sp³-hybridized carbons (Fsp3) is 0.579. The lowest BCUT2D eigenvalue weighted by molar-refractivity contribution is -0.137. The molecule has 1 aromatic carbocycles. The average molecular weight is 398 g/mol. The summed E-state index contributed by atoms with van der Waals surface area (Å²) in [5.74, 6) is -0.219. The Labute approximate surface area is 162 Å². The number of rotatable bonds is 6. The predicted octanol–water partition coefficient (Wildman–Crippen LogP) is 1.93. The Kier molecular flexibility index (Phi) is 6.24. The van der Waals surface area contributed by atoms with Crippen LogP contribution in [0.5, 0.6) is 0 Å². The van der Waals surface area contributed by atoms with Gasteiger partial charge in [0.1, 0.15) is 0 Å². The van der Waals surface area contributed by atoms with Crippen LogP contribution in [0.1, 0.15) is 25.3 Å². The van der Waals surface area contributed by atoms with Crippen LogP contribution in [0.3, 0.4) is 0 Å². The summed E-state index contributed by atoms with van der Waals surface area (Å²) in [6.07, 6.45) is -2.28. The predicted molar refractivity (Wildman–Crippen MR) is 98.7 cm³/mol. The van der Waals surface area contributed by atoms with E-state index in [1.165, 1.54) is 12.1 Å². The van der Waals surface area contributed by atoms with Gasteiger partial charge in [0.05, 0.1) is 18.2 Å². The zero-order valence-electron chi connectivity index (χ0n) is 15.8. The molecule has 0 spiro atoms. The Hall–Kier alpha value is -2.13. The first-order chi connectivity index (χ1) is 13.2. The fourth-order valence-corrected chi connectivity index (χ4v) is 3.17. The van der Waals surface area contributed by atoms with E-state index in [-0.39, 0.29) is 11.8 Å². The molecule has 0 bridgehead atoms. The van der Waals surface area contributed by atoms with Crippen molar-refractivity contribution < 1.29 is 22.8 Å². The molecule has 6 nitrogen and oxygen atoms in total. The van der Waals surface area contributed by atoms with Crippen LogP contribution in [-0.2, 0) is 15.8 Å². The number of benzene rings is 1. The van der Waals surface area contributed by atoms with Gasteiger partial charge in [-0.15, -0.1) is 0 Å². The minimum Gasteiger partial charge on any atom is -0.352 e. The van der Waals surface area contributed by atoms with Crippen molar-refractivity contribution in [3.05, 3.63) is 29.8 Å². The highest BCUT2D eigenvalue weighted by atomic mass is 19.4. The summed E-state index contributed by atoms with van der Waals surface area (Å²) in [6.45, 7) is 4.83. The van der Waals surface area contributed by atoms with Gasteiger partial charge >= 0.3 is 6.18 Å². The van der Waals surface area contributed by atoms with Crippen LogP contribution in [-0.4, -0.2) is 66.4 Å². The summed E-state index contributed by atoms with van der Waals surface area (Å²) in [7, 11) is 0. The van der Waals surface area contributed by atoms with Gasteiger partial charge in [0.25, 0.3) is 0 Å². The molecule has 1 atom stereocenters. The summed E-state index contributed by atoms with van der Waals surface area (Å²) in [4.78, 5) is 28.4. The quantitative estimate of drug-likeness (QED) is 0.769. The van der Waals surface area contributed by atoms with E-state index in [9.17, 15) is 22.8 Å². The molecule has 154 valence electrons.